The van der Waals surface area contributed by atoms with Crippen LogP contribution >= 0.6 is 0 Å². The molecule has 0 fully saturated rings. The lowest BCUT2D eigenvalue weighted by molar-refractivity contribution is 0.627. The van der Waals surface area contributed by atoms with Gasteiger partial charge in [0.1, 0.15) is 5.69 Å². The molecule has 2 aromatic rings. The largest absolute Gasteiger partial charge is 0.312 e. The summed E-state index contributed by atoms with van der Waals surface area (Å²) in [7, 11) is 1.89. The van der Waals surface area contributed by atoms with Crippen LogP contribution in [0.5, 0.6) is 0 Å². The van der Waals surface area contributed by atoms with Crippen LogP contribution in [0.2, 0.25) is 0 Å². The van der Waals surface area contributed by atoms with Crippen molar-refractivity contribution >= 4 is 0 Å². The molecule has 0 bridgehead atoms. The molecule has 0 aliphatic carbocycles. The third-order valence-corrected chi connectivity index (χ3v) is 3.01. The fourth-order valence-corrected chi connectivity index (χ4v) is 1.80. The Morgan fingerprint density at radius 2 is 2.00 bits per heavy atom. The highest BCUT2D eigenvalue weighted by Crippen LogP contribution is 2.17. The van der Waals surface area contributed by atoms with Gasteiger partial charge in [0.25, 0.3) is 0 Å². The first kappa shape index (κ1) is 12.3. The molecule has 0 aliphatic heterocycles. The summed E-state index contributed by atoms with van der Waals surface area (Å²) in [5.74, 6) is 0. The average molecular weight is 241 g/mol. The zero-order valence-corrected chi connectivity index (χ0v) is 10.7. The van der Waals surface area contributed by atoms with E-state index in [0.717, 1.165) is 17.1 Å². The van der Waals surface area contributed by atoms with Gasteiger partial charge < -0.3 is 5.32 Å². The van der Waals surface area contributed by atoms with Gasteiger partial charge in [-0.25, -0.2) is 4.68 Å². The summed E-state index contributed by atoms with van der Waals surface area (Å²) >= 11 is 0. The molecule has 0 saturated heterocycles. The number of rotatable bonds is 3. The van der Waals surface area contributed by atoms with Gasteiger partial charge in [0.05, 0.1) is 29.1 Å². The first-order chi connectivity index (χ1) is 8.67. The minimum Gasteiger partial charge on any atom is -0.312 e. The van der Waals surface area contributed by atoms with Gasteiger partial charge in [-0.1, -0.05) is 5.21 Å². The van der Waals surface area contributed by atoms with Crippen LogP contribution in [0.4, 0.5) is 0 Å². The van der Waals surface area contributed by atoms with Crippen molar-refractivity contribution in [3.8, 4) is 11.8 Å². The van der Waals surface area contributed by atoms with Crippen LogP contribution in [-0.2, 0) is 0 Å². The van der Waals surface area contributed by atoms with Crippen molar-refractivity contribution < 1.29 is 0 Å². The number of hydrogen-bond donors (Lipinski definition) is 1. The van der Waals surface area contributed by atoms with Crippen LogP contribution in [0.3, 0.4) is 0 Å². The molecule has 0 spiro atoms. The number of nitriles is 1. The highest BCUT2D eigenvalue weighted by Gasteiger charge is 2.14. The quantitative estimate of drug-likeness (QED) is 0.888. The summed E-state index contributed by atoms with van der Waals surface area (Å²) in [6.45, 7) is 4.03. The maximum Gasteiger partial charge on any atom is 0.103 e. The van der Waals surface area contributed by atoms with Crippen molar-refractivity contribution in [2.24, 2.45) is 0 Å². The van der Waals surface area contributed by atoms with Gasteiger partial charge in [0.2, 0.25) is 0 Å². The van der Waals surface area contributed by atoms with Crippen LogP contribution in [0.25, 0.3) is 5.69 Å². The molecule has 18 heavy (non-hydrogen) atoms. The smallest absolute Gasteiger partial charge is 0.103 e. The van der Waals surface area contributed by atoms with E-state index in [1.807, 2.05) is 33.0 Å². The number of nitrogens with one attached hydrogen (secondary N) is 1. The predicted molar refractivity (Wildman–Crippen MR) is 68.3 cm³/mol. The molecule has 1 aromatic heterocycles. The molecule has 0 aliphatic rings. The molecule has 0 radical (unpaired) electrons. The Balaban J connectivity index is 2.39. The Labute approximate surface area is 106 Å². The molecule has 5 heteroatoms. The normalized spacial score (nSPS) is 12.1. The maximum absolute atomic E-state index is 8.77. The van der Waals surface area contributed by atoms with Crippen LogP contribution in [0, 0.1) is 18.3 Å². The van der Waals surface area contributed by atoms with E-state index in [-0.39, 0.29) is 6.04 Å². The van der Waals surface area contributed by atoms with Crippen molar-refractivity contribution in [2.45, 2.75) is 19.9 Å². The molecule has 2 rings (SSSR count). The first-order valence-corrected chi connectivity index (χ1v) is 5.77. The summed E-state index contributed by atoms with van der Waals surface area (Å²) in [6.07, 6.45) is 0. The molecule has 0 saturated carbocycles. The lowest BCUT2D eigenvalue weighted by Crippen LogP contribution is -2.14. The van der Waals surface area contributed by atoms with E-state index in [1.165, 1.54) is 0 Å². The Morgan fingerprint density at radius 1 is 1.33 bits per heavy atom. The molecule has 0 amide bonds. The molecule has 1 N–H and O–H groups in total. The molecule has 1 aromatic carbocycles. The fraction of sp³-hybridized carbons (Fsp3) is 0.308. The fourth-order valence-electron chi connectivity index (χ4n) is 1.80. The van der Waals surface area contributed by atoms with Gasteiger partial charge in [-0.2, -0.15) is 5.26 Å². The molecular weight excluding hydrogens is 226 g/mol. The molecule has 5 nitrogen and oxygen atoms in total. The summed E-state index contributed by atoms with van der Waals surface area (Å²) in [5, 5.41) is 20.3. The molecule has 1 heterocycles. The van der Waals surface area contributed by atoms with Crippen molar-refractivity contribution in [3.63, 3.8) is 0 Å². The second-order valence-corrected chi connectivity index (χ2v) is 4.14. The predicted octanol–water partition coefficient (Wildman–Crippen LogP) is 1.73. The topological polar surface area (TPSA) is 66.5 Å². The van der Waals surface area contributed by atoms with E-state index in [4.69, 9.17) is 5.26 Å². The summed E-state index contributed by atoms with van der Waals surface area (Å²) in [5.41, 5.74) is 3.48. The lowest BCUT2D eigenvalue weighted by atomic mass is 10.2. The highest BCUT2D eigenvalue weighted by atomic mass is 15.4. The third kappa shape index (κ3) is 2.11. The standard InChI is InChI=1S/C13H15N5/c1-9(15-3)13-10(2)18(17-16-13)12-6-4-11(8-14)5-7-12/h4-7,9,15H,1-3H3. The SMILES string of the molecule is CNC(C)c1nnn(-c2ccc(C#N)cc2)c1C. The van der Waals surface area contributed by atoms with Crippen molar-refractivity contribution in [3.05, 3.63) is 41.2 Å². The van der Waals surface area contributed by atoms with Crippen molar-refractivity contribution in [1.29, 1.82) is 5.26 Å². The van der Waals surface area contributed by atoms with Gasteiger partial charge >= 0.3 is 0 Å². The average Bonchev–Trinajstić information content (AvgIpc) is 2.80. The monoisotopic (exact) mass is 241 g/mol. The number of aromatic nitrogens is 3. The highest BCUT2D eigenvalue weighted by molar-refractivity contribution is 5.40. The van der Waals surface area contributed by atoms with Gasteiger partial charge in [0, 0.05) is 0 Å². The van der Waals surface area contributed by atoms with Crippen molar-refractivity contribution in [2.75, 3.05) is 7.05 Å². The number of nitrogens with zero attached hydrogens (tertiary/aromatic N) is 4. The summed E-state index contributed by atoms with van der Waals surface area (Å²) < 4.78 is 1.78. The Kier molecular flexibility index (Phi) is 3.40. The zero-order valence-electron chi connectivity index (χ0n) is 10.7. The first-order valence-electron chi connectivity index (χ1n) is 5.77. The van der Waals surface area contributed by atoms with Crippen molar-refractivity contribution in [1.82, 2.24) is 20.3 Å². The van der Waals surface area contributed by atoms with Crippen LogP contribution in [0.15, 0.2) is 24.3 Å². The number of hydrogen-bond acceptors (Lipinski definition) is 4. The molecule has 92 valence electrons. The lowest BCUT2D eigenvalue weighted by Gasteiger charge is -2.08. The van der Waals surface area contributed by atoms with E-state index in [0.29, 0.717) is 5.56 Å². The van der Waals surface area contributed by atoms with Crippen LogP contribution in [-0.4, -0.2) is 22.0 Å². The third-order valence-electron chi connectivity index (χ3n) is 3.01. The van der Waals surface area contributed by atoms with Crippen LogP contribution < -0.4 is 5.32 Å². The Hall–Kier alpha value is -2.19. The van der Waals surface area contributed by atoms with E-state index >= 15 is 0 Å². The van der Waals surface area contributed by atoms with Crippen LogP contribution in [0.1, 0.15) is 29.9 Å². The summed E-state index contributed by atoms with van der Waals surface area (Å²) in [4.78, 5) is 0. The van der Waals surface area contributed by atoms with Gasteiger partial charge in [-0.3, -0.25) is 0 Å². The zero-order chi connectivity index (χ0) is 13.1. The van der Waals surface area contributed by atoms with E-state index in [1.54, 1.807) is 16.8 Å². The van der Waals surface area contributed by atoms with E-state index in [9.17, 15) is 0 Å². The van der Waals surface area contributed by atoms with E-state index < -0.39 is 0 Å². The van der Waals surface area contributed by atoms with Gasteiger partial charge in [-0.15, -0.1) is 5.10 Å². The Bertz CT molecular complexity index is 576. The molecule has 1 atom stereocenters. The van der Waals surface area contributed by atoms with Gasteiger partial charge in [-0.05, 0) is 45.2 Å². The second kappa shape index (κ2) is 4.98. The molecular formula is C13H15N5. The second-order valence-electron chi connectivity index (χ2n) is 4.14. The maximum atomic E-state index is 8.77. The minimum atomic E-state index is 0.164. The number of benzene rings is 1. The van der Waals surface area contributed by atoms with E-state index in [2.05, 4.69) is 21.7 Å². The molecule has 1 unspecified atom stereocenters. The summed E-state index contributed by atoms with van der Waals surface area (Å²) in [6, 6.07) is 9.55. The minimum absolute atomic E-state index is 0.164. The van der Waals surface area contributed by atoms with Gasteiger partial charge in [0.15, 0.2) is 0 Å². The Morgan fingerprint density at radius 3 is 2.56 bits per heavy atom.